The van der Waals surface area contributed by atoms with Crippen LogP contribution in [0.1, 0.15) is 41.8 Å². The highest BCUT2D eigenvalue weighted by atomic mass is 32.2. The Kier molecular flexibility index (Phi) is 5.06. The summed E-state index contributed by atoms with van der Waals surface area (Å²) in [5.41, 5.74) is 3.72. The van der Waals surface area contributed by atoms with Gasteiger partial charge in [-0.05, 0) is 68.7 Å². The number of amidine groups is 1. The van der Waals surface area contributed by atoms with Gasteiger partial charge in [-0.1, -0.05) is 13.0 Å². The lowest BCUT2D eigenvalue weighted by Crippen LogP contribution is -2.34. The van der Waals surface area contributed by atoms with E-state index in [0.717, 1.165) is 17.5 Å². The van der Waals surface area contributed by atoms with Gasteiger partial charge in [0.25, 0.3) is 15.9 Å². The molecule has 0 aliphatic carbocycles. The number of benzene rings is 2. The average Bonchev–Trinajstić information content (AvgIpc) is 2.61. The highest BCUT2D eigenvalue weighted by Crippen LogP contribution is 2.32. The van der Waals surface area contributed by atoms with Gasteiger partial charge in [-0.3, -0.25) is 4.79 Å². The molecule has 0 spiro atoms. The zero-order chi connectivity index (χ0) is 19.8. The van der Waals surface area contributed by atoms with E-state index in [2.05, 4.69) is 9.71 Å². The van der Waals surface area contributed by atoms with Gasteiger partial charge in [0, 0.05) is 17.8 Å². The van der Waals surface area contributed by atoms with Crippen LogP contribution in [0.3, 0.4) is 0 Å². The van der Waals surface area contributed by atoms with Crippen LogP contribution in [0.2, 0.25) is 0 Å². The van der Waals surface area contributed by atoms with E-state index < -0.39 is 10.0 Å². The van der Waals surface area contributed by atoms with Crippen LogP contribution in [0.5, 0.6) is 0 Å². The van der Waals surface area contributed by atoms with E-state index in [1.807, 2.05) is 43.9 Å². The quantitative estimate of drug-likeness (QED) is 0.866. The molecule has 3 rings (SSSR count). The fraction of sp³-hybridized carbons (Fsp3) is 0.300. The Labute approximate surface area is 160 Å². The second-order valence-corrected chi connectivity index (χ2v) is 8.27. The van der Waals surface area contributed by atoms with Gasteiger partial charge in [-0.15, -0.1) is 4.40 Å². The smallest absolute Gasteiger partial charge is 0.286 e. The molecule has 2 aromatic carbocycles. The van der Waals surface area contributed by atoms with Gasteiger partial charge in [-0.25, -0.2) is 0 Å². The highest BCUT2D eigenvalue weighted by molar-refractivity contribution is 7.90. The SMILES string of the molecule is CCCN1C(C)=NS(=O)(=O)c2cc(C(=O)Nc3ccc(C)c(C)c3)ccc21. The average molecular weight is 385 g/mol. The third-order valence-electron chi connectivity index (χ3n) is 4.65. The van der Waals surface area contributed by atoms with Gasteiger partial charge >= 0.3 is 0 Å². The molecule has 0 bridgehead atoms. The van der Waals surface area contributed by atoms with E-state index in [1.165, 1.54) is 6.07 Å². The van der Waals surface area contributed by atoms with E-state index in [1.54, 1.807) is 19.1 Å². The number of fused-ring (bicyclic) bond motifs is 1. The Hall–Kier alpha value is -2.67. The molecule has 1 aliphatic rings. The first kappa shape index (κ1) is 19.1. The van der Waals surface area contributed by atoms with Crippen molar-refractivity contribution in [3.05, 3.63) is 53.1 Å². The summed E-state index contributed by atoms with van der Waals surface area (Å²) < 4.78 is 28.9. The number of nitrogens with zero attached hydrogens (tertiary/aromatic N) is 2. The molecule has 1 N–H and O–H groups in total. The third-order valence-corrected chi connectivity index (χ3v) is 6.03. The summed E-state index contributed by atoms with van der Waals surface area (Å²) in [6.07, 6.45) is 0.849. The second-order valence-electron chi connectivity index (χ2n) is 6.70. The Balaban J connectivity index is 1.96. The number of hydrogen-bond acceptors (Lipinski definition) is 4. The molecule has 0 radical (unpaired) electrons. The number of carbonyl (C=O) groups excluding carboxylic acids is 1. The largest absolute Gasteiger partial charge is 0.328 e. The monoisotopic (exact) mass is 385 g/mol. The molecule has 1 aliphatic heterocycles. The standard InChI is InChI=1S/C20H23N3O3S/c1-5-10-23-15(4)22-27(25,26)19-12-16(7-9-18(19)23)20(24)21-17-8-6-13(2)14(3)11-17/h6-9,11-12H,5,10H2,1-4H3,(H,21,24). The molecule has 27 heavy (non-hydrogen) atoms. The van der Waals surface area contributed by atoms with Crippen molar-refractivity contribution >= 4 is 33.1 Å². The molecule has 6 nitrogen and oxygen atoms in total. The number of sulfonamides is 1. The van der Waals surface area contributed by atoms with Crippen molar-refractivity contribution in [2.75, 3.05) is 16.8 Å². The lowest BCUT2D eigenvalue weighted by atomic mass is 10.1. The molecule has 0 atom stereocenters. The number of nitrogens with one attached hydrogen (secondary N) is 1. The first-order valence-electron chi connectivity index (χ1n) is 8.84. The summed E-state index contributed by atoms with van der Waals surface area (Å²) >= 11 is 0. The molecule has 0 unspecified atom stereocenters. The van der Waals surface area contributed by atoms with Gasteiger partial charge in [0.05, 0.1) is 5.69 Å². The summed E-state index contributed by atoms with van der Waals surface area (Å²) in [4.78, 5) is 14.5. The van der Waals surface area contributed by atoms with Crippen LogP contribution in [-0.4, -0.2) is 26.7 Å². The van der Waals surface area contributed by atoms with Crippen LogP contribution in [-0.2, 0) is 10.0 Å². The molecule has 1 amide bonds. The Morgan fingerprint density at radius 2 is 1.81 bits per heavy atom. The number of rotatable bonds is 4. The van der Waals surface area contributed by atoms with Crippen molar-refractivity contribution in [1.82, 2.24) is 0 Å². The molecule has 0 saturated heterocycles. The van der Waals surface area contributed by atoms with E-state index in [-0.39, 0.29) is 16.4 Å². The van der Waals surface area contributed by atoms with E-state index in [4.69, 9.17) is 0 Å². The normalized spacial score (nSPS) is 15.1. The molecule has 7 heteroatoms. The van der Waals surface area contributed by atoms with Gasteiger partial charge in [0.2, 0.25) is 0 Å². The van der Waals surface area contributed by atoms with Crippen molar-refractivity contribution in [2.24, 2.45) is 4.40 Å². The maximum absolute atomic E-state index is 12.6. The third kappa shape index (κ3) is 3.73. The Morgan fingerprint density at radius 3 is 2.48 bits per heavy atom. The number of amides is 1. The number of anilines is 2. The molecule has 142 valence electrons. The second kappa shape index (κ2) is 7.15. The van der Waals surface area contributed by atoms with Crippen molar-refractivity contribution in [1.29, 1.82) is 0 Å². The maximum atomic E-state index is 12.6. The molecule has 0 aromatic heterocycles. The topological polar surface area (TPSA) is 78.8 Å². The predicted octanol–water partition coefficient (Wildman–Crippen LogP) is 3.89. The molecule has 2 aromatic rings. The van der Waals surface area contributed by atoms with Crippen molar-refractivity contribution in [2.45, 2.75) is 39.0 Å². The van der Waals surface area contributed by atoms with E-state index >= 15 is 0 Å². The van der Waals surface area contributed by atoms with Crippen LogP contribution in [0.25, 0.3) is 0 Å². The first-order chi connectivity index (χ1) is 12.7. The van der Waals surface area contributed by atoms with E-state index in [9.17, 15) is 13.2 Å². The van der Waals surface area contributed by atoms with Gasteiger partial charge in [0.1, 0.15) is 10.7 Å². The minimum absolute atomic E-state index is 0.0642. The first-order valence-corrected chi connectivity index (χ1v) is 10.3. The predicted molar refractivity (Wildman–Crippen MR) is 108 cm³/mol. The molecule has 0 fully saturated rings. The summed E-state index contributed by atoms with van der Waals surface area (Å²) in [6.45, 7) is 8.32. The maximum Gasteiger partial charge on any atom is 0.286 e. The van der Waals surface area contributed by atoms with Gasteiger partial charge < -0.3 is 10.2 Å². The zero-order valence-corrected chi connectivity index (χ0v) is 16.7. The molecular formula is C20H23N3O3S. The van der Waals surface area contributed by atoms with Crippen LogP contribution in [0.4, 0.5) is 11.4 Å². The molecule has 1 heterocycles. The summed E-state index contributed by atoms with van der Waals surface area (Å²) in [5, 5.41) is 2.82. The Morgan fingerprint density at radius 1 is 1.07 bits per heavy atom. The van der Waals surface area contributed by atoms with Crippen LogP contribution in [0.15, 0.2) is 45.7 Å². The van der Waals surface area contributed by atoms with Crippen molar-refractivity contribution in [3.63, 3.8) is 0 Å². The van der Waals surface area contributed by atoms with Crippen LogP contribution in [0, 0.1) is 13.8 Å². The van der Waals surface area contributed by atoms with Gasteiger partial charge in [0.15, 0.2) is 0 Å². The number of hydrogen-bond donors (Lipinski definition) is 1. The minimum Gasteiger partial charge on any atom is -0.328 e. The van der Waals surface area contributed by atoms with Crippen LogP contribution < -0.4 is 10.2 Å². The zero-order valence-electron chi connectivity index (χ0n) is 15.9. The fourth-order valence-electron chi connectivity index (χ4n) is 3.06. The van der Waals surface area contributed by atoms with Crippen LogP contribution >= 0.6 is 0 Å². The number of carbonyl (C=O) groups is 1. The molecule has 0 saturated carbocycles. The van der Waals surface area contributed by atoms with Crippen molar-refractivity contribution < 1.29 is 13.2 Å². The number of aryl methyl sites for hydroxylation is 2. The van der Waals surface area contributed by atoms with Gasteiger partial charge in [-0.2, -0.15) is 8.42 Å². The minimum atomic E-state index is -3.82. The Bertz CT molecular complexity index is 1040. The summed E-state index contributed by atoms with van der Waals surface area (Å²) in [7, 11) is -3.82. The summed E-state index contributed by atoms with van der Waals surface area (Å²) in [6, 6.07) is 10.4. The lowest BCUT2D eigenvalue weighted by Gasteiger charge is -2.29. The lowest BCUT2D eigenvalue weighted by molar-refractivity contribution is 0.102. The highest BCUT2D eigenvalue weighted by Gasteiger charge is 2.29. The fourth-order valence-corrected chi connectivity index (χ4v) is 4.32. The van der Waals surface area contributed by atoms with Crippen molar-refractivity contribution in [3.8, 4) is 0 Å². The van der Waals surface area contributed by atoms with E-state index in [0.29, 0.717) is 23.8 Å². The summed E-state index contributed by atoms with van der Waals surface area (Å²) in [5.74, 6) is 0.0845. The molecular weight excluding hydrogens is 362 g/mol.